The number of anilines is 2. The zero-order valence-corrected chi connectivity index (χ0v) is 16.4. The second-order valence-electron chi connectivity index (χ2n) is 8.86. The molecule has 4 heterocycles. The monoisotopic (exact) mass is 363 g/mol. The van der Waals surface area contributed by atoms with Crippen molar-refractivity contribution < 1.29 is 0 Å². The van der Waals surface area contributed by atoms with Crippen molar-refractivity contribution in [3.63, 3.8) is 0 Å². The minimum absolute atomic E-state index is 0.0542. The molecule has 0 aromatic carbocycles. The smallest absolute Gasteiger partial charge is 0.130 e. The maximum atomic E-state index is 4.93. The molecule has 0 atom stereocenters. The van der Waals surface area contributed by atoms with Gasteiger partial charge in [0.15, 0.2) is 0 Å². The van der Waals surface area contributed by atoms with Gasteiger partial charge in [0.05, 0.1) is 5.69 Å². The molecule has 0 bridgehead atoms. The molecule has 5 heteroatoms. The number of fused-ring (bicyclic) bond motifs is 1. The number of aromatic nitrogens is 2. The Kier molecular flexibility index (Phi) is 4.08. The van der Waals surface area contributed by atoms with E-state index in [0.717, 1.165) is 44.1 Å². The van der Waals surface area contributed by atoms with Crippen LogP contribution in [0.5, 0.6) is 0 Å². The van der Waals surface area contributed by atoms with Crippen molar-refractivity contribution in [1.29, 1.82) is 0 Å². The molecule has 2 N–H and O–H groups in total. The van der Waals surface area contributed by atoms with Gasteiger partial charge >= 0.3 is 0 Å². The van der Waals surface area contributed by atoms with Crippen LogP contribution in [0.3, 0.4) is 0 Å². The van der Waals surface area contributed by atoms with Gasteiger partial charge in [-0.2, -0.15) is 0 Å². The SMILES string of the molecule is CC1(C)Cc2c(-c3cc(N4CCNCC4)c(C4CCC4)cn3)ccnc2N1. The molecule has 0 amide bonds. The van der Waals surface area contributed by atoms with Gasteiger partial charge in [0.1, 0.15) is 5.82 Å². The van der Waals surface area contributed by atoms with Gasteiger partial charge in [-0.25, -0.2) is 4.98 Å². The summed E-state index contributed by atoms with van der Waals surface area (Å²) in [6, 6.07) is 4.48. The Hall–Kier alpha value is -2.14. The number of nitrogens with zero attached hydrogens (tertiary/aromatic N) is 3. The molecule has 0 spiro atoms. The molecule has 0 radical (unpaired) electrons. The van der Waals surface area contributed by atoms with Gasteiger partial charge in [-0.1, -0.05) is 6.42 Å². The van der Waals surface area contributed by atoms with Gasteiger partial charge in [-0.05, 0) is 56.7 Å². The molecule has 2 aliphatic heterocycles. The number of rotatable bonds is 3. The lowest BCUT2D eigenvalue weighted by Crippen LogP contribution is -2.44. The average Bonchev–Trinajstić information content (AvgIpc) is 2.95. The number of pyridine rings is 2. The molecule has 5 nitrogen and oxygen atoms in total. The zero-order chi connectivity index (χ0) is 18.4. The van der Waals surface area contributed by atoms with Crippen molar-refractivity contribution in [2.24, 2.45) is 0 Å². The number of hydrogen-bond acceptors (Lipinski definition) is 5. The van der Waals surface area contributed by atoms with Gasteiger partial charge in [-0.15, -0.1) is 0 Å². The number of piperazine rings is 1. The Bertz CT molecular complexity index is 850. The normalized spacial score (nSPS) is 21.5. The number of nitrogens with one attached hydrogen (secondary N) is 2. The minimum Gasteiger partial charge on any atom is -0.369 e. The van der Waals surface area contributed by atoms with Crippen LogP contribution in [0.25, 0.3) is 11.3 Å². The molecule has 0 unspecified atom stereocenters. The van der Waals surface area contributed by atoms with Crippen LogP contribution in [0.1, 0.15) is 50.2 Å². The van der Waals surface area contributed by atoms with Crippen molar-refractivity contribution in [3.8, 4) is 11.3 Å². The highest BCUT2D eigenvalue weighted by Gasteiger charge is 2.31. The van der Waals surface area contributed by atoms with Crippen LogP contribution >= 0.6 is 0 Å². The molecule has 27 heavy (non-hydrogen) atoms. The second kappa shape index (κ2) is 6.48. The van der Waals surface area contributed by atoms with Crippen LogP contribution in [-0.4, -0.2) is 41.7 Å². The van der Waals surface area contributed by atoms with Crippen LogP contribution in [0.15, 0.2) is 24.5 Å². The molecule has 1 aliphatic carbocycles. The first-order chi connectivity index (χ1) is 13.1. The molecule has 3 aliphatic rings. The molecule has 142 valence electrons. The van der Waals surface area contributed by atoms with E-state index in [-0.39, 0.29) is 5.54 Å². The number of hydrogen-bond donors (Lipinski definition) is 2. The van der Waals surface area contributed by atoms with Crippen LogP contribution < -0.4 is 15.5 Å². The van der Waals surface area contributed by atoms with E-state index >= 15 is 0 Å². The topological polar surface area (TPSA) is 53.1 Å². The summed E-state index contributed by atoms with van der Waals surface area (Å²) >= 11 is 0. The van der Waals surface area contributed by atoms with Crippen molar-refractivity contribution in [2.45, 2.75) is 51.0 Å². The Balaban J connectivity index is 1.57. The van der Waals surface area contributed by atoms with Crippen LogP contribution in [0.2, 0.25) is 0 Å². The van der Waals surface area contributed by atoms with Gasteiger partial charge in [0.2, 0.25) is 0 Å². The van der Waals surface area contributed by atoms with E-state index in [1.54, 1.807) is 0 Å². The highest BCUT2D eigenvalue weighted by molar-refractivity contribution is 5.75. The third-order valence-electron chi connectivity index (χ3n) is 6.32. The standard InChI is InChI=1S/C22H29N5/c1-22(2)13-17-16(6-7-24-21(17)26-22)19-12-20(27-10-8-23-9-11-27)18(14-25-19)15-4-3-5-15/h6-7,12,14-15,23H,3-5,8-11,13H2,1-2H3,(H,24,26). The summed E-state index contributed by atoms with van der Waals surface area (Å²) in [4.78, 5) is 12.1. The highest BCUT2D eigenvalue weighted by Crippen LogP contribution is 2.43. The second-order valence-corrected chi connectivity index (χ2v) is 8.86. The molecule has 2 aromatic heterocycles. The van der Waals surface area contributed by atoms with E-state index in [1.807, 2.05) is 6.20 Å². The van der Waals surface area contributed by atoms with Gasteiger partial charge < -0.3 is 15.5 Å². The first kappa shape index (κ1) is 17.0. The lowest BCUT2D eigenvalue weighted by molar-refractivity contribution is 0.418. The summed E-state index contributed by atoms with van der Waals surface area (Å²) in [6.45, 7) is 8.74. The fraction of sp³-hybridized carbons (Fsp3) is 0.545. The lowest BCUT2D eigenvalue weighted by Gasteiger charge is -2.35. The predicted octanol–water partition coefficient (Wildman–Crippen LogP) is 3.57. The van der Waals surface area contributed by atoms with Gasteiger partial charge in [0.25, 0.3) is 0 Å². The van der Waals surface area contributed by atoms with Crippen molar-refractivity contribution in [2.75, 3.05) is 36.4 Å². The largest absolute Gasteiger partial charge is 0.369 e. The van der Waals surface area contributed by atoms with E-state index in [1.165, 1.54) is 41.6 Å². The molecular weight excluding hydrogens is 334 g/mol. The highest BCUT2D eigenvalue weighted by atomic mass is 15.2. The van der Waals surface area contributed by atoms with E-state index in [2.05, 4.69) is 52.7 Å². The lowest BCUT2D eigenvalue weighted by atomic mass is 9.79. The van der Waals surface area contributed by atoms with E-state index < -0.39 is 0 Å². The predicted molar refractivity (Wildman–Crippen MR) is 111 cm³/mol. The molecule has 1 saturated heterocycles. The van der Waals surface area contributed by atoms with Crippen molar-refractivity contribution in [1.82, 2.24) is 15.3 Å². The molecule has 1 saturated carbocycles. The van der Waals surface area contributed by atoms with Crippen molar-refractivity contribution in [3.05, 3.63) is 35.7 Å². The summed E-state index contributed by atoms with van der Waals surface area (Å²) in [5, 5.41) is 7.03. The molecule has 5 rings (SSSR count). The average molecular weight is 364 g/mol. The van der Waals surface area contributed by atoms with Gasteiger partial charge in [-0.3, -0.25) is 4.98 Å². The Morgan fingerprint density at radius 2 is 1.96 bits per heavy atom. The third kappa shape index (κ3) is 3.08. The maximum Gasteiger partial charge on any atom is 0.130 e. The quantitative estimate of drug-likeness (QED) is 0.873. The Morgan fingerprint density at radius 3 is 2.70 bits per heavy atom. The minimum atomic E-state index is 0.0542. The molecule has 2 aromatic rings. The van der Waals surface area contributed by atoms with E-state index in [9.17, 15) is 0 Å². The first-order valence-corrected chi connectivity index (χ1v) is 10.3. The van der Waals surface area contributed by atoms with Crippen LogP contribution in [0, 0.1) is 0 Å². The first-order valence-electron chi connectivity index (χ1n) is 10.3. The maximum absolute atomic E-state index is 4.93. The van der Waals surface area contributed by atoms with E-state index in [0.29, 0.717) is 5.92 Å². The van der Waals surface area contributed by atoms with Crippen LogP contribution in [0.4, 0.5) is 11.5 Å². The molecule has 2 fully saturated rings. The fourth-order valence-electron chi connectivity index (χ4n) is 4.64. The van der Waals surface area contributed by atoms with Crippen LogP contribution in [-0.2, 0) is 6.42 Å². The molecular formula is C22H29N5. The fourth-order valence-corrected chi connectivity index (χ4v) is 4.64. The summed E-state index contributed by atoms with van der Waals surface area (Å²) in [7, 11) is 0. The van der Waals surface area contributed by atoms with Gasteiger partial charge in [0, 0.05) is 60.9 Å². The Morgan fingerprint density at radius 1 is 1.15 bits per heavy atom. The van der Waals surface area contributed by atoms with Crippen molar-refractivity contribution >= 4 is 11.5 Å². The Labute approximate surface area is 161 Å². The zero-order valence-electron chi connectivity index (χ0n) is 16.4. The summed E-state index contributed by atoms with van der Waals surface area (Å²) in [5.74, 6) is 1.71. The van der Waals surface area contributed by atoms with E-state index in [4.69, 9.17) is 4.98 Å². The summed E-state index contributed by atoms with van der Waals surface area (Å²) < 4.78 is 0. The third-order valence-corrected chi connectivity index (χ3v) is 6.32. The summed E-state index contributed by atoms with van der Waals surface area (Å²) in [5.41, 5.74) is 6.54. The summed E-state index contributed by atoms with van der Waals surface area (Å²) in [6.07, 6.45) is 9.03.